The van der Waals surface area contributed by atoms with Gasteiger partial charge >= 0.3 is 6.18 Å². The van der Waals surface area contributed by atoms with E-state index in [-0.39, 0.29) is 0 Å². The zero-order valence-electron chi connectivity index (χ0n) is 10.8. The Hall–Kier alpha value is -2.01. The van der Waals surface area contributed by atoms with Crippen LogP contribution in [0.1, 0.15) is 28.4 Å². The van der Waals surface area contributed by atoms with Gasteiger partial charge in [-0.25, -0.2) is 0 Å². The van der Waals surface area contributed by atoms with Crippen molar-refractivity contribution in [2.24, 2.45) is 0 Å². The van der Waals surface area contributed by atoms with Crippen LogP contribution in [0.2, 0.25) is 0 Å². The number of hydrogen-bond acceptors (Lipinski definition) is 2. The van der Waals surface area contributed by atoms with Gasteiger partial charge in [-0.1, -0.05) is 29.8 Å². The van der Waals surface area contributed by atoms with Crippen molar-refractivity contribution in [2.45, 2.75) is 19.2 Å². The first-order chi connectivity index (χ1) is 9.29. The number of aliphatic hydroxyl groups excluding tert-OH is 1. The number of benzene rings is 2. The van der Waals surface area contributed by atoms with Crippen LogP contribution in [0.4, 0.5) is 18.9 Å². The summed E-state index contributed by atoms with van der Waals surface area (Å²) in [6.45, 7) is 1.85. The van der Waals surface area contributed by atoms with E-state index in [2.05, 4.69) is 0 Å². The average Bonchev–Trinajstić information content (AvgIpc) is 2.40. The minimum absolute atomic E-state index is 0.371. The highest BCUT2D eigenvalue weighted by molar-refractivity contribution is 5.52. The molecule has 0 aliphatic rings. The van der Waals surface area contributed by atoms with Crippen molar-refractivity contribution in [2.75, 3.05) is 5.73 Å². The third-order valence-corrected chi connectivity index (χ3v) is 3.09. The Morgan fingerprint density at radius 2 is 1.65 bits per heavy atom. The first-order valence-electron chi connectivity index (χ1n) is 6.00. The van der Waals surface area contributed by atoms with Crippen LogP contribution in [0, 0.1) is 6.92 Å². The number of nitrogen functional groups attached to an aromatic ring is 1. The average molecular weight is 281 g/mol. The quantitative estimate of drug-likeness (QED) is 0.825. The molecule has 5 heteroatoms. The van der Waals surface area contributed by atoms with E-state index in [1.165, 1.54) is 12.1 Å². The predicted molar refractivity (Wildman–Crippen MR) is 71.1 cm³/mol. The van der Waals surface area contributed by atoms with E-state index in [9.17, 15) is 18.3 Å². The van der Waals surface area contributed by atoms with E-state index in [1.807, 2.05) is 6.92 Å². The molecule has 0 saturated heterocycles. The van der Waals surface area contributed by atoms with E-state index in [1.54, 1.807) is 18.2 Å². The van der Waals surface area contributed by atoms with Crippen LogP contribution in [-0.2, 0) is 6.18 Å². The van der Waals surface area contributed by atoms with Gasteiger partial charge in [0, 0.05) is 11.3 Å². The number of rotatable bonds is 2. The zero-order valence-corrected chi connectivity index (χ0v) is 10.8. The van der Waals surface area contributed by atoms with Gasteiger partial charge in [-0.05, 0) is 30.7 Å². The van der Waals surface area contributed by atoms with Gasteiger partial charge in [0.2, 0.25) is 0 Å². The minimum Gasteiger partial charge on any atom is -0.398 e. The maximum Gasteiger partial charge on any atom is 0.416 e. The first kappa shape index (κ1) is 14.4. The highest BCUT2D eigenvalue weighted by Gasteiger charge is 2.30. The molecular formula is C15H14F3NO. The molecule has 0 amide bonds. The lowest BCUT2D eigenvalue weighted by Gasteiger charge is -2.15. The van der Waals surface area contributed by atoms with Crippen LogP contribution in [0.25, 0.3) is 0 Å². The van der Waals surface area contributed by atoms with Gasteiger partial charge in [0.1, 0.15) is 6.10 Å². The summed E-state index contributed by atoms with van der Waals surface area (Å²) in [5.41, 5.74) is 7.23. The molecule has 2 nitrogen and oxygen atoms in total. The third kappa shape index (κ3) is 2.93. The smallest absolute Gasteiger partial charge is 0.398 e. The Morgan fingerprint density at radius 3 is 2.20 bits per heavy atom. The molecule has 3 N–H and O–H groups in total. The van der Waals surface area contributed by atoms with Gasteiger partial charge in [-0.15, -0.1) is 0 Å². The zero-order chi connectivity index (χ0) is 14.9. The summed E-state index contributed by atoms with van der Waals surface area (Å²) >= 11 is 0. The van der Waals surface area contributed by atoms with Crippen LogP contribution < -0.4 is 5.73 Å². The SMILES string of the molecule is Cc1ccc(N)c(C(O)c2ccc(C(F)(F)F)cc2)c1. The Balaban J connectivity index is 2.34. The highest BCUT2D eigenvalue weighted by atomic mass is 19.4. The number of aryl methyl sites for hydroxylation is 1. The maximum absolute atomic E-state index is 12.5. The number of alkyl halides is 3. The molecule has 1 unspecified atom stereocenters. The Bertz CT molecular complexity index is 606. The molecule has 0 aromatic heterocycles. The molecule has 0 aliphatic carbocycles. The highest BCUT2D eigenvalue weighted by Crippen LogP contribution is 2.32. The molecule has 0 saturated carbocycles. The second-order valence-corrected chi connectivity index (χ2v) is 4.65. The largest absolute Gasteiger partial charge is 0.416 e. The number of anilines is 1. The summed E-state index contributed by atoms with van der Waals surface area (Å²) < 4.78 is 37.4. The van der Waals surface area contributed by atoms with Crippen molar-refractivity contribution in [3.63, 3.8) is 0 Å². The molecule has 0 spiro atoms. The number of aliphatic hydroxyl groups is 1. The minimum atomic E-state index is -4.38. The summed E-state index contributed by atoms with van der Waals surface area (Å²) in [5, 5.41) is 10.2. The molecule has 1 atom stereocenters. The number of nitrogens with two attached hydrogens (primary N) is 1. The Labute approximate surface area is 114 Å². The lowest BCUT2D eigenvalue weighted by atomic mass is 9.97. The predicted octanol–water partition coefficient (Wildman–Crippen LogP) is 3.68. The Morgan fingerprint density at radius 1 is 1.05 bits per heavy atom. The van der Waals surface area contributed by atoms with Crippen LogP contribution in [0.15, 0.2) is 42.5 Å². The summed E-state index contributed by atoms with van der Waals surface area (Å²) in [5.74, 6) is 0. The first-order valence-corrected chi connectivity index (χ1v) is 6.00. The number of hydrogen-bond donors (Lipinski definition) is 2. The van der Waals surface area contributed by atoms with Crippen LogP contribution in [0.5, 0.6) is 0 Å². The molecule has 0 heterocycles. The third-order valence-electron chi connectivity index (χ3n) is 3.09. The van der Waals surface area contributed by atoms with Crippen molar-refractivity contribution in [3.8, 4) is 0 Å². The molecule has 0 fully saturated rings. The normalized spacial score (nSPS) is 13.2. The second-order valence-electron chi connectivity index (χ2n) is 4.65. The lowest BCUT2D eigenvalue weighted by Crippen LogP contribution is -2.07. The molecule has 106 valence electrons. The lowest BCUT2D eigenvalue weighted by molar-refractivity contribution is -0.137. The van der Waals surface area contributed by atoms with Crippen molar-refractivity contribution in [1.29, 1.82) is 0 Å². The van der Waals surface area contributed by atoms with E-state index < -0.39 is 17.8 Å². The van der Waals surface area contributed by atoms with E-state index in [0.717, 1.165) is 17.7 Å². The van der Waals surface area contributed by atoms with Crippen molar-refractivity contribution >= 4 is 5.69 Å². The molecule has 0 aliphatic heterocycles. The van der Waals surface area contributed by atoms with Gasteiger partial charge in [0.15, 0.2) is 0 Å². The topological polar surface area (TPSA) is 46.2 Å². The van der Waals surface area contributed by atoms with E-state index in [4.69, 9.17) is 5.73 Å². The van der Waals surface area contributed by atoms with Gasteiger partial charge < -0.3 is 10.8 Å². The molecule has 2 rings (SSSR count). The Kier molecular flexibility index (Phi) is 3.72. The molecule has 0 radical (unpaired) electrons. The molecule has 2 aromatic carbocycles. The van der Waals surface area contributed by atoms with Crippen LogP contribution in [-0.4, -0.2) is 5.11 Å². The monoisotopic (exact) mass is 281 g/mol. The second kappa shape index (κ2) is 5.17. The fraction of sp³-hybridized carbons (Fsp3) is 0.200. The fourth-order valence-corrected chi connectivity index (χ4v) is 1.96. The van der Waals surface area contributed by atoms with Crippen molar-refractivity contribution in [1.82, 2.24) is 0 Å². The summed E-state index contributed by atoms with van der Waals surface area (Å²) in [4.78, 5) is 0. The summed E-state index contributed by atoms with van der Waals surface area (Å²) in [6, 6.07) is 9.60. The molecule has 0 bridgehead atoms. The fourth-order valence-electron chi connectivity index (χ4n) is 1.96. The summed E-state index contributed by atoms with van der Waals surface area (Å²) in [6.07, 6.45) is -5.43. The molecular weight excluding hydrogens is 267 g/mol. The van der Waals surface area contributed by atoms with Crippen LogP contribution >= 0.6 is 0 Å². The van der Waals surface area contributed by atoms with Crippen LogP contribution in [0.3, 0.4) is 0 Å². The standard InChI is InChI=1S/C15H14F3NO/c1-9-2-7-13(19)12(8-9)14(20)10-3-5-11(6-4-10)15(16,17)18/h2-8,14,20H,19H2,1H3. The van der Waals surface area contributed by atoms with Gasteiger partial charge in [0.05, 0.1) is 5.56 Å². The maximum atomic E-state index is 12.5. The number of halogens is 3. The molecule has 20 heavy (non-hydrogen) atoms. The van der Waals surface area contributed by atoms with E-state index in [0.29, 0.717) is 16.8 Å². The van der Waals surface area contributed by atoms with Crippen molar-refractivity contribution in [3.05, 3.63) is 64.7 Å². The van der Waals surface area contributed by atoms with Gasteiger partial charge in [-0.2, -0.15) is 13.2 Å². The molecule has 2 aromatic rings. The van der Waals surface area contributed by atoms with Gasteiger partial charge in [-0.3, -0.25) is 0 Å². The van der Waals surface area contributed by atoms with Gasteiger partial charge in [0.25, 0.3) is 0 Å². The van der Waals surface area contributed by atoms with Crippen molar-refractivity contribution < 1.29 is 18.3 Å². The summed E-state index contributed by atoms with van der Waals surface area (Å²) in [7, 11) is 0. The van der Waals surface area contributed by atoms with E-state index >= 15 is 0 Å².